The summed E-state index contributed by atoms with van der Waals surface area (Å²) in [6.07, 6.45) is 0.860. The normalized spacial score (nSPS) is 10.8. The van der Waals surface area contributed by atoms with Crippen molar-refractivity contribution in [3.63, 3.8) is 0 Å². The zero-order valence-corrected chi connectivity index (χ0v) is 11.3. The lowest BCUT2D eigenvalue weighted by Gasteiger charge is -1.98. The smallest absolute Gasteiger partial charge is 0.303 e. The number of carboxylic acid groups (broad SMARTS) is 1. The first kappa shape index (κ1) is 12.8. The number of methoxy groups -OCH3 is 1. The van der Waals surface area contributed by atoms with E-state index in [0.717, 1.165) is 17.8 Å². The van der Waals surface area contributed by atoms with E-state index in [1.807, 2.05) is 18.2 Å². The fourth-order valence-electron chi connectivity index (χ4n) is 1.98. The van der Waals surface area contributed by atoms with E-state index < -0.39 is 5.97 Å². The third-order valence-electron chi connectivity index (χ3n) is 2.87. The van der Waals surface area contributed by atoms with Gasteiger partial charge in [-0.2, -0.15) is 4.57 Å². The van der Waals surface area contributed by atoms with Crippen molar-refractivity contribution in [3.8, 4) is 5.75 Å². The number of fused-ring (bicyclic) bond motifs is 1. The highest BCUT2D eigenvalue weighted by atomic mass is 32.1. The zero-order valence-electron chi connectivity index (χ0n) is 10.5. The molecule has 0 radical (unpaired) electrons. The minimum Gasteiger partial charge on any atom is -0.497 e. The Balaban J connectivity index is 2.27. The van der Waals surface area contributed by atoms with Gasteiger partial charge in [0.15, 0.2) is 6.54 Å². The molecule has 2 aromatic rings. The molecule has 2 rings (SSSR count). The van der Waals surface area contributed by atoms with Crippen LogP contribution in [0.1, 0.15) is 17.8 Å². The van der Waals surface area contributed by atoms with Gasteiger partial charge < -0.3 is 9.84 Å². The number of rotatable bonds is 5. The highest BCUT2D eigenvalue weighted by molar-refractivity contribution is 7.18. The Kier molecular flexibility index (Phi) is 3.81. The second-order valence-corrected chi connectivity index (χ2v) is 5.34. The minimum absolute atomic E-state index is 0.208. The lowest BCUT2D eigenvalue weighted by molar-refractivity contribution is -0.673. The Morgan fingerprint density at radius 3 is 2.94 bits per heavy atom. The van der Waals surface area contributed by atoms with Crippen molar-refractivity contribution in [2.24, 2.45) is 0 Å². The number of aromatic nitrogens is 1. The molecule has 1 aromatic carbocycles. The van der Waals surface area contributed by atoms with Crippen LogP contribution in [0.15, 0.2) is 18.2 Å². The first-order valence-corrected chi connectivity index (χ1v) is 6.62. The van der Waals surface area contributed by atoms with Crippen molar-refractivity contribution in [1.29, 1.82) is 0 Å². The van der Waals surface area contributed by atoms with Gasteiger partial charge in [0, 0.05) is 25.5 Å². The largest absolute Gasteiger partial charge is 0.497 e. The molecule has 4 nitrogen and oxygen atoms in total. The molecule has 0 aliphatic carbocycles. The van der Waals surface area contributed by atoms with Gasteiger partial charge in [-0.1, -0.05) is 11.3 Å². The summed E-state index contributed by atoms with van der Waals surface area (Å²) in [5, 5.41) is 9.85. The van der Waals surface area contributed by atoms with Crippen molar-refractivity contribution >= 4 is 27.5 Å². The number of hydrogen-bond donors (Lipinski definition) is 1. The molecule has 0 saturated carbocycles. The van der Waals surface area contributed by atoms with Gasteiger partial charge in [-0.05, 0) is 6.07 Å². The summed E-state index contributed by atoms with van der Waals surface area (Å²) in [4.78, 5) is 10.5. The summed E-state index contributed by atoms with van der Waals surface area (Å²) in [6, 6.07) is 5.97. The van der Waals surface area contributed by atoms with Gasteiger partial charge in [0.2, 0.25) is 10.5 Å². The third-order valence-corrected chi connectivity index (χ3v) is 3.93. The van der Waals surface area contributed by atoms with Crippen molar-refractivity contribution < 1.29 is 19.2 Å². The van der Waals surface area contributed by atoms with Crippen LogP contribution in [0.4, 0.5) is 0 Å². The van der Waals surface area contributed by atoms with Crippen LogP contribution in [0.3, 0.4) is 0 Å². The van der Waals surface area contributed by atoms with Crippen molar-refractivity contribution in [3.05, 3.63) is 23.2 Å². The molecule has 0 unspecified atom stereocenters. The van der Waals surface area contributed by atoms with Gasteiger partial charge in [0.05, 0.1) is 13.5 Å². The van der Waals surface area contributed by atoms with E-state index in [9.17, 15) is 4.79 Å². The minimum atomic E-state index is -0.741. The van der Waals surface area contributed by atoms with Crippen molar-refractivity contribution in [1.82, 2.24) is 0 Å². The number of hydrogen-bond acceptors (Lipinski definition) is 3. The molecule has 0 aliphatic heterocycles. The first-order chi connectivity index (χ1) is 8.61. The van der Waals surface area contributed by atoms with Crippen LogP contribution in [0.2, 0.25) is 0 Å². The average molecular weight is 266 g/mol. The number of carbonyl (C=O) groups is 1. The molecular weight excluding hydrogens is 250 g/mol. The Morgan fingerprint density at radius 2 is 2.28 bits per heavy atom. The predicted octanol–water partition coefficient (Wildman–Crippen LogP) is 2.37. The van der Waals surface area contributed by atoms with Gasteiger partial charge in [0.25, 0.3) is 0 Å². The number of nitrogens with zero attached hydrogens (tertiary/aromatic N) is 1. The van der Waals surface area contributed by atoms with Crippen LogP contribution >= 0.6 is 11.3 Å². The molecule has 0 fully saturated rings. The first-order valence-electron chi connectivity index (χ1n) is 5.80. The van der Waals surface area contributed by atoms with Gasteiger partial charge in [-0.25, -0.2) is 0 Å². The van der Waals surface area contributed by atoms with Crippen LogP contribution in [-0.2, 0) is 11.3 Å². The Bertz CT molecular complexity index is 577. The second kappa shape index (κ2) is 5.35. The molecule has 0 spiro atoms. The predicted molar refractivity (Wildman–Crippen MR) is 70.2 cm³/mol. The van der Waals surface area contributed by atoms with Crippen LogP contribution in [-0.4, -0.2) is 18.2 Å². The van der Waals surface area contributed by atoms with E-state index in [1.54, 1.807) is 18.4 Å². The monoisotopic (exact) mass is 266 g/mol. The highest BCUT2D eigenvalue weighted by Crippen LogP contribution is 2.24. The van der Waals surface area contributed by atoms with E-state index in [0.29, 0.717) is 6.42 Å². The number of thiazole rings is 1. The number of aryl methyl sites for hydroxylation is 2. The molecule has 5 heteroatoms. The molecule has 1 heterocycles. The molecule has 1 aromatic heterocycles. The number of benzene rings is 1. The van der Waals surface area contributed by atoms with E-state index >= 15 is 0 Å². The van der Waals surface area contributed by atoms with Crippen LogP contribution in [0, 0.1) is 6.92 Å². The van der Waals surface area contributed by atoms with E-state index in [2.05, 4.69) is 11.5 Å². The van der Waals surface area contributed by atoms with Crippen molar-refractivity contribution in [2.45, 2.75) is 26.3 Å². The summed E-state index contributed by atoms with van der Waals surface area (Å²) in [5.74, 6) is 0.107. The van der Waals surface area contributed by atoms with Crippen LogP contribution in [0.25, 0.3) is 10.2 Å². The number of ether oxygens (including phenoxy) is 1. The molecule has 0 aliphatic rings. The summed E-state index contributed by atoms with van der Waals surface area (Å²) in [7, 11) is 1.66. The maximum absolute atomic E-state index is 10.5. The lowest BCUT2D eigenvalue weighted by Crippen LogP contribution is -2.35. The molecular formula is C13H16NO3S+. The Morgan fingerprint density at radius 1 is 1.50 bits per heavy atom. The molecule has 18 heavy (non-hydrogen) atoms. The molecule has 0 saturated heterocycles. The highest BCUT2D eigenvalue weighted by Gasteiger charge is 2.17. The molecule has 0 amide bonds. The van der Waals surface area contributed by atoms with E-state index in [1.165, 1.54) is 9.71 Å². The fourth-order valence-corrected chi connectivity index (χ4v) is 3.05. The number of carboxylic acids is 1. The molecule has 0 atom stereocenters. The Labute approximate surface area is 109 Å². The summed E-state index contributed by atoms with van der Waals surface area (Å²) in [6.45, 7) is 2.79. The maximum atomic E-state index is 10.5. The molecule has 0 bridgehead atoms. The fraction of sp³-hybridized carbons (Fsp3) is 0.385. The average Bonchev–Trinajstić information content (AvgIpc) is 2.64. The van der Waals surface area contributed by atoms with Gasteiger partial charge in [-0.3, -0.25) is 4.79 Å². The standard InChI is InChI=1S/C13H15NO3S/c1-9-14(7-3-4-13(15)16)11-6-5-10(17-2)8-12(11)18-9/h5-6,8H,3-4,7H2,1-2H3/p+1. The van der Waals surface area contributed by atoms with Crippen LogP contribution in [0.5, 0.6) is 5.75 Å². The third kappa shape index (κ3) is 2.61. The molecule has 1 N–H and O–H groups in total. The van der Waals surface area contributed by atoms with Gasteiger partial charge >= 0.3 is 5.97 Å². The number of aliphatic carboxylic acids is 1. The molecule has 96 valence electrons. The Hall–Kier alpha value is -1.62. The quantitative estimate of drug-likeness (QED) is 0.845. The SMILES string of the molecule is COc1ccc2c(c1)sc(C)[n+]2CCCC(=O)O. The summed E-state index contributed by atoms with van der Waals surface area (Å²) < 4.78 is 8.54. The van der Waals surface area contributed by atoms with Crippen LogP contribution < -0.4 is 9.30 Å². The zero-order chi connectivity index (χ0) is 13.1. The van der Waals surface area contributed by atoms with Crippen molar-refractivity contribution in [2.75, 3.05) is 7.11 Å². The van der Waals surface area contributed by atoms with E-state index in [4.69, 9.17) is 9.84 Å². The van der Waals surface area contributed by atoms with Gasteiger partial charge in [-0.15, -0.1) is 0 Å². The van der Waals surface area contributed by atoms with E-state index in [-0.39, 0.29) is 6.42 Å². The summed E-state index contributed by atoms with van der Waals surface area (Å²) >= 11 is 1.70. The second-order valence-electron chi connectivity index (χ2n) is 4.10. The maximum Gasteiger partial charge on any atom is 0.303 e. The van der Waals surface area contributed by atoms with Gasteiger partial charge in [0.1, 0.15) is 10.4 Å². The topological polar surface area (TPSA) is 50.4 Å². The summed E-state index contributed by atoms with van der Waals surface area (Å²) in [5.41, 5.74) is 1.14. The lowest BCUT2D eigenvalue weighted by atomic mass is 10.3.